The normalized spacial score (nSPS) is 28.7. The highest BCUT2D eigenvalue weighted by Crippen LogP contribution is 2.37. The molecule has 0 bridgehead atoms. The summed E-state index contributed by atoms with van der Waals surface area (Å²) < 4.78 is 0. The lowest BCUT2D eigenvalue weighted by Gasteiger charge is -2.31. The van der Waals surface area contributed by atoms with Gasteiger partial charge in [-0.1, -0.05) is 57.0 Å². The van der Waals surface area contributed by atoms with E-state index in [1.54, 1.807) is 0 Å². The molecular formula is C15H22. The van der Waals surface area contributed by atoms with Crippen molar-refractivity contribution in [1.82, 2.24) is 0 Å². The predicted octanol–water partition coefficient (Wildman–Crippen LogP) is 4.62. The summed E-state index contributed by atoms with van der Waals surface area (Å²) in [7, 11) is 0. The molecule has 15 heavy (non-hydrogen) atoms. The van der Waals surface area contributed by atoms with E-state index in [2.05, 4.69) is 44.2 Å². The van der Waals surface area contributed by atoms with Gasteiger partial charge < -0.3 is 0 Å². The lowest BCUT2D eigenvalue weighted by Crippen LogP contribution is -2.17. The zero-order valence-corrected chi connectivity index (χ0v) is 9.95. The van der Waals surface area contributed by atoms with Crippen molar-refractivity contribution in [3.05, 3.63) is 35.9 Å². The number of hydrogen-bond donors (Lipinski definition) is 0. The van der Waals surface area contributed by atoms with Gasteiger partial charge in [0.2, 0.25) is 0 Å². The van der Waals surface area contributed by atoms with Gasteiger partial charge in [0.05, 0.1) is 0 Å². The maximum absolute atomic E-state index is 2.40. The van der Waals surface area contributed by atoms with Crippen LogP contribution in [0, 0.1) is 11.8 Å². The van der Waals surface area contributed by atoms with Gasteiger partial charge in [0.15, 0.2) is 0 Å². The van der Waals surface area contributed by atoms with E-state index in [1.165, 1.54) is 31.2 Å². The van der Waals surface area contributed by atoms with Gasteiger partial charge in [-0.3, -0.25) is 0 Å². The molecule has 82 valence electrons. The zero-order valence-electron chi connectivity index (χ0n) is 9.95. The third kappa shape index (κ3) is 2.62. The van der Waals surface area contributed by atoms with Crippen LogP contribution >= 0.6 is 0 Å². The Labute approximate surface area is 93.7 Å². The van der Waals surface area contributed by atoms with Gasteiger partial charge in [-0.15, -0.1) is 0 Å². The minimum atomic E-state index is 0.749. The smallest absolute Gasteiger partial charge is 0.0162 e. The van der Waals surface area contributed by atoms with Crippen LogP contribution in [0.1, 0.15) is 51.0 Å². The van der Waals surface area contributed by atoms with Crippen LogP contribution in [0.5, 0.6) is 0 Å². The number of hydrogen-bond acceptors (Lipinski definition) is 0. The van der Waals surface area contributed by atoms with E-state index < -0.39 is 0 Å². The van der Waals surface area contributed by atoms with Crippen LogP contribution < -0.4 is 0 Å². The first-order valence-corrected chi connectivity index (χ1v) is 6.32. The SMILES string of the molecule is CC1CCC(C(C)c2ccccc2)CC1. The number of rotatable bonds is 2. The molecule has 0 spiro atoms. The third-order valence-electron chi connectivity index (χ3n) is 4.09. The Kier molecular flexibility index (Phi) is 3.45. The first-order chi connectivity index (χ1) is 7.27. The van der Waals surface area contributed by atoms with E-state index in [4.69, 9.17) is 0 Å². The summed E-state index contributed by atoms with van der Waals surface area (Å²) in [6, 6.07) is 11.0. The monoisotopic (exact) mass is 202 g/mol. The molecule has 0 saturated heterocycles. The Bertz CT molecular complexity index is 280. The van der Waals surface area contributed by atoms with E-state index in [0.717, 1.165) is 17.8 Å². The molecule has 0 nitrogen and oxygen atoms in total. The van der Waals surface area contributed by atoms with Crippen LogP contribution in [0.25, 0.3) is 0 Å². The molecule has 1 unspecified atom stereocenters. The average molecular weight is 202 g/mol. The molecule has 1 aromatic rings. The molecular weight excluding hydrogens is 180 g/mol. The van der Waals surface area contributed by atoms with Crippen LogP contribution in [-0.4, -0.2) is 0 Å². The minimum absolute atomic E-state index is 0.749. The first-order valence-electron chi connectivity index (χ1n) is 6.32. The highest BCUT2D eigenvalue weighted by Gasteiger charge is 2.23. The molecule has 0 amide bonds. The second-order valence-electron chi connectivity index (χ2n) is 5.22. The van der Waals surface area contributed by atoms with Crippen LogP contribution in [0.4, 0.5) is 0 Å². The lowest BCUT2D eigenvalue weighted by molar-refractivity contribution is 0.261. The van der Waals surface area contributed by atoms with E-state index >= 15 is 0 Å². The molecule has 1 aromatic carbocycles. The fourth-order valence-corrected chi connectivity index (χ4v) is 2.81. The summed E-state index contributed by atoms with van der Waals surface area (Å²) in [5, 5.41) is 0. The number of benzene rings is 1. The maximum atomic E-state index is 2.40. The summed E-state index contributed by atoms with van der Waals surface area (Å²) in [4.78, 5) is 0. The van der Waals surface area contributed by atoms with Gasteiger partial charge in [-0.25, -0.2) is 0 Å². The maximum Gasteiger partial charge on any atom is -0.0162 e. The molecule has 1 saturated carbocycles. The first kappa shape index (κ1) is 10.7. The summed E-state index contributed by atoms with van der Waals surface area (Å²) in [6.07, 6.45) is 5.72. The van der Waals surface area contributed by atoms with E-state index in [-0.39, 0.29) is 0 Å². The van der Waals surface area contributed by atoms with Crippen LogP contribution in [0.15, 0.2) is 30.3 Å². The molecule has 1 atom stereocenters. The van der Waals surface area contributed by atoms with Gasteiger partial charge in [0, 0.05) is 0 Å². The minimum Gasteiger partial charge on any atom is -0.0625 e. The highest BCUT2D eigenvalue weighted by molar-refractivity contribution is 5.19. The molecule has 0 heterocycles. The summed E-state index contributed by atoms with van der Waals surface area (Å²) in [5.41, 5.74) is 1.53. The Hall–Kier alpha value is -0.780. The van der Waals surface area contributed by atoms with Crippen molar-refractivity contribution in [2.75, 3.05) is 0 Å². The van der Waals surface area contributed by atoms with Crippen molar-refractivity contribution in [3.8, 4) is 0 Å². The Balaban J connectivity index is 1.99. The highest BCUT2D eigenvalue weighted by atomic mass is 14.3. The van der Waals surface area contributed by atoms with Crippen molar-refractivity contribution >= 4 is 0 Å². The largest absolute Gasteiger partial charge is 0.0625 e. The Morgan fingerprint density at radius 1 is 1.00 bits per heavy atom. The quantitative estimate of drug-likeness (QED) is 0.656. The predicted molar refractivity (Wildman–Crippen MR) is 66.0 cm³/mol. The average Bonchev–Trinajstić information content (AvgIpc) is 2.30. The van der Waals surface area contributed by atoms with E-state index in [9.17, 15) is 0 Å². The lowest BCUT2D eigenvalue weighted by atomic mass is 9.75. The zero-order chi connectivity index (χ0) is 10.7. The molecule has 0 N–H and O–H groups in total. The molecule has 1 aliphatic rings. The Morgan fingerprint density at radius 2 is 1.60 bits per heavy atom. The molecule has 0 aromatic heterocycles. The van der Waals surface area contributed by atoms with Crippen molar-refractivity contribution in [1.29, 1.82) is 0 Å². The molecule has 0 aliphatic heterocycles. The Morgan fingerprint density at radius 3 is 2.20 bits per heavy atom. The van der Waals surface area contributed by atoms with Crippen LogP contribution in [0.3, 0.4) is 0 Å². The molecule has 1 fully saturated rings. The fraction of sp³-hybridized carbons (Fsp3) is 0.600. The van der Waals surface area contributed by atoms with Crippen LogP contribution in [0.2, 0.25) is 0 Å². The van der Waals surface area contributed by atoms with Gasteiger partial charge in [-0.05, 0) is 36.2 Å². The van der Waals surface area contributed by atoms with Crippen molar-refractivity contribution in [2.24, 2.45) is 11.8 Å². The van der Waals surface area contributed by atoms with E-state index in [1.807, 2.05) is 0 Å². The summed E-state index contributed by atoms with van der Waals surface area (Å²) >= 11 is 0. The molecule has 1 aliphatic carbocycles. The second kappa shape index (κ2) is 4.83. The van der Waals surface area contributed by atoms with Gasteiger partial charge in [-0.2, -0.15) is 0 Å². The van der Waals surface area contributed by atoms with Crippen LogP contribution in [-0.2, 0) is 0 Å². The van der Waals surface area contributed by atoms with Crippen molar-refractivity contribution < 1.29 is 0 Å². The standard InChI is InChI=1S/C15H22/c1-12-8-10-15(11-9-12)13(2)14-6-4-3-5-7-14/h3-7,12-13,15H,8-11H2,1-2H3. The topological polar surface area (TPSA) is 0 Å². The molecule has 0 radical (unpaired) electrons. The molecule has 0 heteroatoms. The van der Waals surface area contributed by atoms with Gasteiger partial charge in [0.1, 0.15) is 0 Å². The summed E-state index contributed by atoms with van der Waals surface area (Å²) in [6.45, 7) is 4.79. The third-order valence-corrected chi connectivity index (χ3v) is 4.09. The second-order valence-corrected chi connectivity index (χ2v) is 5.22. The molecule has 2 rings (SSSR count). The summed E-state index contributed by atoms with van der Waals surface area (Å²) in [5.74, 6) is 2.63. The van der Waals surface area contributed by atoms with Gasteiger partial charge >= 0.3 is 0 Å². The van der Waals surface area contributed by atoms with E-state index in [0.29, 0.717) is 0 Å². The van der Waals surface area contributed by atoms with Crippen molar-refractivity contribution in [3.63, 3.8) is 0 Å². The van der Waals surface area contributed by atoms with Gasteiger partial charge in [0.25, 0.3) is 0 Å². The fourth-order valence-electron chi connectivity index (χ4n) is 2.81. The van der Waals surface area contributed by atoms with Crippen molar-refractivity contribution in [2.45, 2.75) is 45.4 Å².